The van der Waals surface area contributed by atoms with Gasteiger partial charge < -0.3 is 5.32 Å². The van der Waals surface area contributed by atoms with Crippen LogP contribution in [0.25, 0.3) is 0 Å². The Balaban J connectivity index is 3.02. The van der Waals surface area contributed by atoms with E-state index in [0.717, 1.165) is 6.07 Å². The molecular weight excluding hydrogens is 205 g/mol. The minimum Gasteiger partial charge on any atom is -0.310 e. The first-order valence-corrected chi connectivity index (χ1v) is 4.60. The van der Waals surface area contributed by atoms with E-state index in [9.17, 15) is 9.18 Å². The van der Waals surface area contributed by atoms with Crippen LogP contribution in [0.2, 0.25) is 5.02 Å². The first-order chi connectivity index (χ1) is 6.56. The van der Waals surface area contributed by atoms with E-state index in [-0.39, 0.29) is 16.4 Å². The molecule has 1 atom stereocenters. The average Bonchev–Trinajstić information content (AvgIpc) is 2.15. The van der Waals surface area contributed by atoms with E-state index in [1.54, 1.807) is 14.0 Å². The van der Waals surface area contributed by atoms with Crippen molar-refractivity contribution < 1.29 is 9.18 Å². The van der Waals surface area contributed by atoms with Gasteiger partial charge in [-0.1, -0.05) is 11.6 Å². The van der Waals surface area contributed by atoms with Crippen molar-refractivity contribution in [2.75, 3.05) is 7.05 Å². The van der Waals surface area contributed by atoms with Crippen molar-refractivity contribution in [3.8, 4) is 0 Å². The lowest BCUT2D eigenvalue weighted by Crippen LogP contribution is -2.31. The van der Waals surface area contributed by atoms with Crippen LogP contribution in [0, 0.1) is 5.82 Å². The molecule has 0 radical (unpaired) electrons. The second kappa shape index (κ2) is 4.53. The van der Waals surface area contributed by atoms with Crippen LogP contribution in [0.4, 0.5) is 4.39 Å². The van der Waals surface area contributed by atoms with Gasteiger partial charge in [-0.05, 0) is 32.2 Å². The number of rotatable bonds is 3. The Morgan fingerprint density at radius 2 is 2.21 bits per heavy atom. The third-order valence-corrected chi connectivity index (χ3v) is 2.26. The molecule has 0 aliphatic carbocycles. The molecule has 1 unspecified atom stereocenters. The van der Waals surface area contributed by atoms with Crippen LogP contribution in [-0.2, 0) is 0 Å². The quantitative estimate of drug-likeness (QED) is 0.784. The number of halogens is 2. The van der Waals surface area contributed by atoms with Gasteiger partial charge in [0.25, 0.3) is 0 Å². The van der Waals surface area contributed by atoms with Gasteiger partial charge in [-0.2, -0.15) is 0 Å². The molecule has 1 rings (SSSR count). The predicted octanol–water partition coefficient (Wildman–Crippen LogP) is 2.27. The lowest BCUT2D eigenvalue weighted by atomic mass is 10.1. The highest BCUT2D eigenvalue weighted by atomic mass is 35.5. The Kier molecular flexibility index (Phi) is 3.61. The van der Waals surface area contributed by atoms with Crippen molar-refractivity contribution in [3.05, 3.63) is 34.6 Å². The summed E-state index contributed by atoms with van der Waals surface area (Å²) < 4.78 is 13.3. The zero-order valence-corrected chi connectivity index (χ0v) is 8.73. The molecule has 0 bridgehead atoms. The Morgan fingerprint density at radius 3 is 2.71 bits per heavy atom. The van der Waals surface area contributed by atoms with Gasteiger partial charge in [-0.15, -0.1) is 0 Å². The lowest BCUT2D eigenvalue weighted by molar-refractivity contribution is 0.0951. The topological polar surface area (TPSA) is 29.1 Å². The summed E-state index contributed by atoms with van der Waals surface area (Å²) in [6, 6.07) is 3.64. The molecule has 14 heavy (non-hydrogen) atoms. The zero-order valence-electron chi connectivity index (χ0n) is 7.97. The number of hydrogen-bond acceptors (Lipinski definition) is 2. The standard InChI is InChI=1S/C10H11ClFNO/c1-6(13-2)10(14)8-4-3-7(11)5-9(8)12/h3-6,13H,1-2H3. The number of likely N-dealkylation sites (N-methyl/N-ethyl adjacent to an activating group) is 1. The van der Waals surface area contributed by atoms with Crippen molar-refractivity contribution in [1.29, 1.82) is 0 Å². The van der Waals surface area contributed by atoms with Crippen molar-refractivity contribution in [3.63, 3.8) is 0 Å². The van der Waals surface area contributed by atoms with E-state index >= 15 is 0 Å². The van der Waals surface area contributed by atoms with Gasteiger partial charge in [-0.25, -0.2) is 4.39 Å². The molecule has 1 aromatic rings. The summed E-state index contributed by atoms with van der Waals surface area (Å²) in [4.78, 5) is 11.6. The van der Waals surface area contributed by atoms with E-state index < -0.39 is 11.9 Å². The molecule has 0 saturated carbocycles. The van der Waals surface area contributed by atoms with Crippen LogP contribution in [0.5, 0.6) is 0 Å². The van der Waals surface area contributed by atoms with Gasteiger partial charge in [-0.3, -0.25) is 4.79 Å². The number of carbonyl (C=O) groups excluding carboxylic acids is 1. The van der Waals surface area contributed by atoms with Gasteiger partial charge in [0.15, 0.2) is 5.78 Å². The number of carbonyl (C=O) groups is 1. The molecule has 0 aromatic heterocycles. The number of Topliss-reactive ketones (excluding diaryl/α,β-unsaturated/α-hetero) is 1. The molecule has 1 N–H and O–H groups in total. The van der Waals surface area contributed by atoms with Gasteiger partial charge in [0.05, 0.1) is 11.6 Å². The second-order valence-electron chi connectivity index (χ2n) is 3.00. The maximum atomic E-state index is 13.3. The Bertz CT molecular complexity index is 354. The minimum atomic E-state index is -0.579. The van der Waals surface area contributed by atoms with Crippen molar-refractivity contribution in [2.45, 2.75) is 13.0 Å². The lowest BCUT2D eigenvalue weighted by Gasteiger charge is -2.09. The Morgan fingerprint density at radius 1 is 1.57 bits per heavy atom. The van der Waals surface area contributed by atoms with Crippen molar-refractivity contribution in [1.82, 2.24) is 5.32 Å². The van der Waals surface area contributed by atoms with Gasteiger partial charge >= 0.3 is 0 Å². The van der Waals surface area contributed by atoms with Crippen LogP contribution in [-0.4, -0.2) is 18.9 Å². The van der Waals surface area contributed by atoms with Crippen molar-refractivity contribution in [2.24, 2.45) is 0 Å². The average molecular weight is 216 g/mol. The zero-order chi connectivity index (χ0) is 10.7. The van der Waals surface area contributed by atoms with Crippen molar-refractivity contribution >= 4 is 17.4 Å². The summed E-state index contributed by atoms with van der Waals surface area (Å²) in [6.07, 6.45) is 0. The highest BCUT2D eigenvalue weighted by molar-refractivity contribution is 6.30. The smallest absolute Gasteiger partial charge is 0.182 e. The molecule has 0 saturated heterocycles. The summed E-state index contributed by atoms with van der Waals surface area (Å²) in [5.74, 6) is -0.855. The highest BCUT2D eigenvalue weighted by Gasteiger charge is 2.16. The second-order valence-corrected chi connectivity index (χ2v) is 3.44. The van der Waals surface area contributed by atoms with E-state index in [2.05, 4.69) is 5.32 Å². The largest absolute Gasteiger partial charge is 0.310 e. The summed E-state index contributed by atoms with van der Waals surface area (Å²) in [5, 5.41) is 3.04. The molecule has 2 nitrogen and oxygen atoms in total. The molecule has 0 amide bonds. The van der Waals surface area contributed by atoms with Gasteiger partial charge in [0, 0.05) is 5.02 Å². The normalized spacial score (nSPS) is 12.6. The first-order valence-electron chi connectivity index (χ1n) is 4.22. The van der Waals surface area contributed by atoms with Crippen LogP contribution < -0.4 is 5.32 Å². The fourth-order valence-electron chi connectivity index (χ4n) is 1.05. The molecule has 0 spiro atoms. The molecule has 0 aliphatic heterocycles. The number of ketones is 1. The van der Waals surface area contributed by atoms with E-state index in [4.69, 9.17) is 11.6 Å². The van der Waals surface area contributed by atoms with Gasteiger partial charge in [0.2, 0.25) is 0 Å². The molecule has 76 valence electrons. The predicted molar refractivity (Wildman–Crippen MR) is 54.3 cm³/mol. The molecule has 0 aliphatic rings. The fourth-order valence-corrected chi connectivity index (χ4v) is 1.21. The molecule has 1 aromatic carbocycles. The SMILES string of the molecule is CNC(C)C(=O)c1ccc(Cl)cc1F. The van der Waals surface area contributed by atoms with Crippen LogP contribution in [0.15, 0.2) is 18.2 Å². The number of nitrogens with one attached hydrogen (secondary N) is 1. The third kappa shape index (κ3) is 2.30. The third-order valence-electron chi connectivity index (χ3n) is 2.02. The molecule has 0 heterocycles. The molecule has 0 fully saturated rings. The van der Waals surface area contributed by atoms with E-state index in [0.29, 0.717) is 0 Å². The Hall–Kier alpha value is -0.930. The molecule has 4 heteroatoms. The summed E-state index contributed by atoms with van der Waals surface area (Å²) in [5.41, 5.74) is 0.0660. The Labute approximate surface area is 87.1 Å². The van der Waals surface area contributed by atoms with Gasteiger partial charge in [0.1, 0.15) is 5.82 Å². The monoisotopic (exact) mass is 215 g/mol. The molecular formula is C10H11ClFNO. The van der Waals surface area contributed by atoms with Crippen LogP contribution >= 0.6 is 11.6 Å². The number of benzene rings is 1. The van der Waals surface area contributed by atoms with E-state index in [1.165, 1.54) is 12.1 Å². The first kappa shape index (κ1) is 11.1. The number of hydrogen-bond donors (Lipinski definition) is 1. The summed E-state index contributed by atoms with van der Waals surface area (Å²) >= 11 is 5.57. The highest BCUT2D eigenvalue weighted by Crippen LogP contribution is 2.15. The van der Waals surface area contributed by atoms with Crippen LogP contribution in [0.1, 0.15) is 17.3 Å². The minimum absolute atomic E-state index is 0.0660. The summed E-state index contributed by atoms with van der Waals surface area (Å²) in [6.45, 7) is 1.68. The fraction of sp³-hybridized carbons (Fsp3) is 0.300. The maximum Gasteiger partial charge on any atom is 0.182 e. The summed E-state index contributed by atoms with van der Waals surface area (Å²) in [7, 11) is 1.65. The van der Waals surface area contributed by atoms with Crippen LogP contribution in [0.3, 0.4) is 0 Å². The van der Waals surface area contributed by atoms with E-state index in [1.807, 2.05) is 0 Å². The maximum absolute atomic E-state index is 13.3.